The summed E-state index contributed by atoms with van der Waals surface area (Å²) in [6.07, 6.45) is 2.02. The molecule has 4 rings (SSSR count). The molecule has 1 heterocycles. The van der Waals surface area contributed by atoms with Gasteiger partial charge in [-0.15, -0.1) is 10.2 Å². The second-order valence-electron chi connectivity index (χ2n) is 7.13. The molecule has 1 aromatic heterocycles. The van der Waals surface area contributed by atoms with E-state index >= 15 is 0 Å². The van der Waals surface area contributed by atoms with Crippen LogP contribution in [-0.2, 0) is 21.4 Å². The Morgan fingerprint density at radius 1 is 1.22 bits per heavy atom. The fourth-order valence-corrected chi connectivity index (χ4v) is 4.56. The summed E-state index contributed by atoms with van der Waals surface area (Å²) in [4.78, 5) is 12.3. The van der Waals surface area contributed by atoms with Gasteiger partial charge in [-0.05, 0) is 43.2 Å². The Balaban J connectivity index is 1.39. The lowest BCUT2D eigenvalue weighted by atomic mass is 10.3. The fraction of sp³-hybridized carbons (Fsp3) is 0.250. The quantitative estimate of drug-likeness (QED) is 0.438. The molecule has 168 valence electrons. The molecule has 12 heteroatoms. The molecule has 32 heavy (non-hydrogen) atoms. The van der Waals surface area contributed by atoms with Crippen molar-refractivity contribution in [1.82, 2.24) is 14.8 Å². The Kier molecular flexibility index (Phi) is 6.70. The van der Waals surface area contributed by atoms with E-state index in [1.54, 1.807) is 18.2 Å². The summed E-state index contributed by atoms with van der Waals surface area (Å²) in [5.41, 5.74) is 0.347. The van der Waals surface area contributed by atoms with Crippen molar-refractivity contribution in [1.29, 1.82) is 0 Å². The molecule has 9 nitrogen and oxygen atoms in total. The van der Waals surface area contributed by atoms with Crippen LogP contribution < -0.4 is 15.2 Å². The van der Waals surface area contributed by atoms with Crippen molar-refractivity contribution in [3.8, 4) is 5.75 Å². The molecule has 1 saturated carbocycles. The van der Waals surface area contributed by atoms with Crippen molar-refractivity contribution >= 4 is 45.0 Å². The van der Waals surface area contributed by atoms with Crippen LogP contribution in [0.3, 0.4) is 0 Å². The minimum Gasteiger partial charge on any atom is -0.484 e. The molecule has 0 spiro atoms. The molecular weight excluding hydrogens is 474 g/mol. The summed E-state index contributed by atoms with van der Waals surface area (Å²) in [6, 6.07) is 13.3. The molecule has 0 atom stereocenters. The minimum absolute atomic E-state index is 0.0698. The van der Waals surface area contributed by atoms with Crippen LogP contribution in [0.4, 0.5) is 5.69 Å². The van der Waals surface area contributed by atoms with Crippen LogP contribution in [0.1, 0.15) is 24.7 Å². The van der Waals surface area contributed by atoms with E-state index in [9.17, 15) is 13.2 Å². The summed E-state index contributed by atoms with van der Waals surface area (Å²) in [6.45, 7) is 0.209. The number of nitrogens with zero attached hydrogens (tertiary/aromatic N) is 3. The van der Waals surface area contributed by atoms with Crippen LogP contribution in [0.5, 0.6) is 5.75 Å². The molecule has 3 N–H and O–H groups in total. The highest BCUT2D eigenvalue weighted by Crippen LogP contribution is 2.39. The number of carbonyl (C=O) groups excluding carboxylic acids is 1. The Hall–Kier alpha value is -2.60. The van der Waals surface area contributed by atoms with Gasteiger partial charge >= 0.3 is 0 Å². The van der Waals surface area contributed by atoms with Crippen molar-refractivity contribution in [2.24, 2.45) is 5.14 Å². The van der Waals surface area contributed by atoms with Gasteiger partial charge in [-0.2, -0.15) is 0 Å². The second-order valence-corrected chi connectivity index (χ2v) is 10.0. The molecule has 2 aromatic carbocycles. The van der Waals surface area contributed by atoms with Crippen molar-refractivity contribution in [3.05, 3.63) is 59.4 Å². The molecule has 0 radical (unpaired) electrons. The number of primary sulfonamides is 1. The molecular formula is C20H20ClN5O4S2. The number of sulfonamides is 1. The third-order valence-corrected chi connectivity index (χ3v) is 6.79. The Morgan fingerprint density at radius 2 is 2.00 bits per heavy atom. The van der Waals surface area contributed by atoms with E-state index in [1.807, 2.05) is 16.7 Å². The first-order chi connectivity index (χ1) is 15.3. The van der Waals surface area contributed by atoms with Crippen LogP contribution in [0.15, 0.2) is 58.6 Å². The normalized spacial score (nSPS) is 13.7. The van der Waals surface area contributed by atoms with Gasteiger partial charge in [0.25, 0.3) is 0 Å². The number of amides is 1. The second kappa shape index (κ2) is 9.49. The number of hydrogen-bond acceptors (Lipinski definition) is 7. The smallest absolute Gasteiger partial charge is 0.238 e. The largest absolute Gasteiger partial charge is 0.484 e. The van der Waals surface area contributed by atoms with Gasteiger partial charge in [-0.3, -0.25) is 9.36 Å². The van der Waals surface area contributed by atoms with Gasteiger partial charge < -0.3 is 10.1 Å². The maximum atomic E-state index is 12.4. The van der Waals surface area contributed by atoms with Crippen molar-refractivity contribution in [3.63, 3.8) is 0 Å². The highest BCUT2D eigenvalue weighted by Gasteiger charge is 2.30. The first kappa shape index (κ1) is 22.6. The minimum atomic E-state index is -3.85. The Labute approximate surface area is 194 Å². The van der Waals surface area contributed by atoms with E-state index in [0.29, 0.717) is 27.4 Å². The number of nitrogens with one attached hydrogen (secondary N) is 1. The van der Waals surface area contributed by atoms with Gasteiger partial charge in [0.05, 0.1) is 15.7 Å². The zero-order chi connectivity index (χ0) is 22.7. The van der Waals surface area contributed by atoms with E-state index in [-0.39, 0.29) is 29.2 Å². The van der Waals surface area contributed by atoms with Crippen LogP contribution in [0.25, 0.3) is 0 Å². The van der Waals surface area contributed by atoms with Crippen LogP contribution >= 0.6 is 23.4 Å². The van der Waals surface area contributed by atoms with Crippen LogP contribution in [0.2, 0.25) is 5.02 Å². The molecule has 0 unspecified atom stereocenters. The van der Waals surface area contributed by atoms with E-state index in [1.165, 1.54) is 30.0 Å². The molecule has 0 saturated heterocycles. The first-order valence-electron chi connectivity index (χ1n) is 9.68. The number of thioether (sulfide) groups is 1. The van der Waals surface area contributed by atoms with Crippen LogP contribution in [0, 0.1) is 0 Å². The number of anilines is 1. The van der Waals surface area contributed by atoms with Gasteiger partial charge in [0.1, 0.15) is 12.4 Å². The molecule has 0 aliphatic heterocycles. The SMILES string of the molecule is NS(=O)(=O)c1cccc(NC(=O)CSc2nnc(COc3ccccc3Cl)n2C2CC2)c1. The lowest BCUT2D eigenvalue weighted by Crippen LogP contribution is -2.16. The number of hydrogen-bond donors (Lipinski definition) is 2. The Morgan fingerprint density at radius 3 is 2.72 bits per heavy atom. The number of carbonyl (C=O) groups is 1. The third kappa shape index (κ3) is 5.60. The molecule has 1 fully saturated rings. The molecule has 1 aliphatic rings. The monoisotopic (exact) mass is 493 g/mol. The van der Waals surface area contributed by atoms with E-state index in [2.05, 4.69) is 15.5 Å². The molecule has 1 amide bonds. The first-order valence-corrected chi connectivity index (χ1v) is 12.6. The van der Waals surface area contributed by atoms with E-state index in [0.717, 1.165) is 12.8 Å². The predicted molar refractivity (Wildman–Crippen MR) is 121 cm³/mol. The topological polar surface area (TPSA) is 129 Å². The van der Waals surface area contributed by atoms with Gasteiger partial charge in [0.2, 0.25) is 15.9 Å². The van der Waals surface area contributed by atoms with Crippen molar-refractivity contribution in [2.45, 2.75) is 35.5 Å². The van der Waals surface area contributed by atoms with Gasteiger partial charge in [-0.25, -0.2) is 13.6 Å². The lowest BCUT2D eigenvalue weighted by Gasteiger charge is -2.11. The summed E-state index contributed by atoms with van der Waals surface area (Å²) in [7, 11) is -3.85. The Bertz CT molecular complexity index is 1240. The zero-order valence-electron chi connectivity index (χ0n) is 16.8. The van der Waals surface area contributed by atoms with Gasteiger partial charge in [0, 0.05) is 11.7 Å². The zero-order valence-corrected chi connectivity index (χ0v) is 19.2. The number of ether oxygens (including phenoxy) is 1. The highest BCUT2D eigenvalue weighted by molar-refractivity contribution is 7.99. The summed E-state index contributed by atoms with van der Waals surface area (Å²) in [5, 5.41) is 17.4. The fourth-order valence-electron chi connectivity index (χ4n) is 2.99. The number of para-hydroxylation sites is 1. The third-order valence-electron chi connectivity index (χ3n) is 4.62. The molecule has 1 aliphatic carbocycles. The molecule has 0 bridgehead atoms. The van der Waals surface area contributed by atoms with E-state index in [4.69, 9.17) is 21.5 Å². The summed E-state index contributed by atoms with van der Waals surface area (Å²) in [5.74, 6) is 1.00. The predicted octanol–water partition coefficient (Wildman–Crippen LogP) is 3.22. The number of rotatable bonds is 9. The van der Waals surface area contributed by atoms with Crippen molar-refractivity contribution in [2.75, 3.05) is 11.1 Å². The van der Waals surface area contributed by atoms with Crippen LogP contribution in [-0.4, -0.2) is 34.8 Å². The average Bonchev–Trinajstić information content (AvgIpc) is 3.51. The summed E-state index contributed by atoms with van der Waals surface area (Å²) >= 11 is 7.39. The van der Waals surface area contributed by atoms with Crippen molar-refractivity contribution < 1.29 is 17.9 Å². The maximum Gasteiger partial charge on any atom is 0.238 e. The number of aromatic nitrogens is 3. The summed E-state index contributed by atoms with van der Waals surface area (Å²) < 4.78 is 30.7. The number of halogens is 1. The number of benzene rings is 2. The van der Waals surface area contributed by atoms with Gasteiger partial charge in [0.15, 0.2) is 11.0 Å². The standard InChI is InChI=1S/C20H20ClN5O4S2/c21-16-6-1-2-7-17(16)30-11-18-24-25-20(26(18)14-8-9-14)31-12-19(27)23-13-4-3-5-15(10-13)32(22,28)29/h1-7,10,14H,8-9,11-12H2,(H,23,27)(H2,22,28,29). The average molecular weight is 494 g/mol. The molecule has 3 aromatic rings. The number of nitrogens with two attached hydrogens (primary N) is 1. The van der Waals surface area contributed by atoms with Gasteiger partial charge in [-0.1, -0.05) is 41.6 Å². The van der Waals surface area contributed by atoms with E-state index < -0.39 is 10.0 Å². The highest BCUT2D eigenvalue weighted by atomic mass is 35.5. The lowest BCUT2D eigenvalue weighted by molar-refractivity contribution is -0.113. The maximum absolute atomic E-state index is 12.4.